The van der Waals surface area contributed by atoms with Crippen LogP contribution in [0.15, 0.2) is 4.99 Å². The molecule has 3 rings (SSSR count). The van der Waals surface area contributed by atoms with Gasteiger partial charge in [-0.25, -0.2) is 4.79 Å². The van der Waals surface area contributed by atoms with Crippen molar-refractivity contribution in [2.45, 2.75) is 44.3 Å². The lowest BCUT2D eigenvalue weighted by atomic mass is 10.2. The largest absolute Gasteiger partial charge is 0.355 e. The number of guanidine groups is 1. The summed E-state index contributed by atoms with van der Waals surface area (Å²) in [7, 11) is 1.74. The Morgan fingerprint density at radius 1 is 1.38 bits per heavy atom. The molecule has 8 nitrogen and oxygen atoms in total. The Balaban J connectivity index is 0.00000208. The van der Waals surface area contributed by atoms with Crippen LogP contribution in [0.3, 0.4) is 0 Å². The minimum Gasteiger partial charge on any atom is -0.355 e. The molecule has 0 aromatic heterocycles. The fourth-order valence-corrected chi connectivity index (χ4v) is 3.43. The zero-order chi connectivity index (χ0) is 16.4. The first-order valence-electron chi connectivity index (χ1n) is 8.39. The van der Waals surface area contributed by atoms with Crippen LogP contribution in [0.1, 0.15) is 26.2 Å². The highest BCUT2D eigenvalue weighted by atomic mass is 127. The molecule has 2 atom stereocenters. The van der Waals surface area contributed by atoms with E-state index < -0.39 is 0 Å². The number of likely N-dealkylation sites (tertiary alicyclic amines) is 1. The van der Waals surface area contributed by atoms with Crippen molar-refractivity contribution in [2.75, 3.05) is 33.2 Å². The highest BCUT2D eigenvalue weighted by Crippen LogP contribution is 2.33. The number of aliphatic imine (C=N–C) groups is 1. The smallest absolute Gasteiger partial charge is 0.324 e. The van der Waals surface area contributed by atoms with Crippen molar-refractivity contribution in [3.05, 3.63) is 0 Å². The molecule has 136 valence electrons. The lowest BCUT2D eigenvalue weighted by Gasteiger charge is -2.20. The normalized spacial score (nSPS) is 27.9. The molecule has 2 heterocycles. The summed E-state index contributed by atoms with van der Waals surface area (Å²) in [6.45, 7) is 4.28. The van der Waals surface area contributed by atoms with E-state index in [1.165, 1.54) is 17.7 Å². The van der Waals surface area contributed by atoms with E-state index in [1.807, 2.05) is 0 Å². The Bertz CT molecular complexity index is 494. The fourth-order valence-electron chi connectivity index (χ4n) is 3.43. The van der Waals surface area contributed by atoms with Crippen molar-refractivity contribution in [3.8, 4) is 0 Å². The number of rotatable bonds is 5. The molecule has 3 aliphatic rings. The quantitative estimate of drug-likeness (QED) is 0.237. The molecule has 3 amide bonds. The summed E-state index contributed by atoms with van der Waals surface area (Å²) in [6, 6.07) is 1.48. The maximum atomic E-state index is 11.5. The van der Waals surface area contributed by atoms with Gasteiger partial charge in [0, 0.05) is 44.8 Å². The second-order valence-electron chi connectivity index (χ2n) is 6.56. The Kier molecular flexibility index (Phi) is 6.67. The number of urea groups is 1. The van der Waals surface area contributed by atoms with Gasteiger partial charge in [0.15, 0.2) is 5.96 Å². The van der Waals surface area contributed by atoms with Crippen LogP contribution in [0.2, 0.25) is 0 Å². The van der Waals surface area contributed by atoms with Crippen molar-refractivity contribution in [1.29, 1.82) is 0 Å². The van der Waals surface area contributed by atoms with Gasteiger partial charge in [-0.1, -0.05) is 0 Å². The number of amides is 3. The Morgan fingerprint density at radius 3 is 2.71 bits per heavy atom. The third-order valence-corrected chi connectivity index (χ3v) is 4.77. The van der Waals surface area contributed by atoms with Crippen LogP contribution in [-0.2, 0) is 4.79 Å². The summed E-state index contributed by atoms with van der Waals surface area (Å²) in [6.07, 6.45) is 3.77. The van der Waals surface area contributed by atoms with Crippen LogP contribution < -0.4 is 16.0 Å². The molecule has 3 fully saturated rings. The molecular weight excluding hydrogens is 423 g/mol. The van der Waals surface area contributed by atoms with Crippen LogP contribution in [0.5, 0.6) is 0 Å². The van der Waals surface area contributed by atoms with Crippen LogP contribution in [0, 0.1) is 0 Å². The van der Waals surface area contributed by atoms with Crippen molar-refractivity contribution in [1.82, 2.24) is 25.8 Å². The van der Waals surface area contributed by atoms with E-state index in [2.05, 4.69) is 32.8 Å². The summed E-state index contributed by atoms with van der Waals surface area (Å²) >= 11 is 0. The predicted octanol–water partition coefficient (Wildman–Crippen LogP) is -0.0536. The van der Waals surface area contributed by atoms with Gasteiger partial charge in [-0.15, -0.1) is 24.0 Å². The number of halogens is 1. The van der Waals surface area contributed by atoms with Crippen molar-refractivity contribution >= 4 is 41.9 Å². The van der Waals surface area contributed by atoms with Gasteiger partial charge in [0.25, 0.3) is 0 Å². The number of imide groups is 1. The van der Waals surface area contributed by atoms with Crippen LogP contribution >= 0.6 is 24.0 Å². The molecule has 2 unspecified atom stereocenters. The number of carbonyl (C=O) groups is 2. The number of nitrogens with zero attached hydrogens (tertiary/aromatic N) is 3. The van der Waals surface area contributed by atoms with Gasteiger partial charge in [0.05, 0.1) is 6.54 Å². The molecule has 1 saturated carbocycles. The molecule has 2 saturated heterocycles. The summed E-state index contributed by atoms with van der Waals surface area (Å²) in [5.74, 6) is 0.552. The third kappa shape index (κ3) is 4.50. The minimum absolute atomic E-state index is 0. The molecule has 1 aliphatic carbocycles. The standard InChI is InChI=1S/C15H26N6O2.HI/c1-10-7-11(9-21(10)12-3-4-12)19-14(16-2)17-5-6-20-13(22)8-18-15(20)23;/h10-12H,3-9H2,1-2H3,(H,18,23)(H2,16,17,19);1H. The maximum absolute atomic E-state index is 11.5. The molecular formula is C15H27IN6O2. The Morgan fingerprint density at radius 2 is 2.12 bits per heavy atom. The lowest BCUT2D eigenvalue weighted by molar-refractivity contribution is -0.124. The van der Waals surface area contributed by atoms with Crippen molar-refractivity contribution in [2.24, 2.45) is 4.99 Å². The van der Waals surface area contributed by atoms with Gasteiger partial charge in [0.1, 0.15) is 0 Å². The van der Waals surface area contributed by atoms with E-state index in [1.54, 1.807) is 7.05 Å². The Hall–Kier alpha value is -1.10. The summed E-state index contributed by atoms with van der Waals surface area (Å²) < 4.78 is 0. The van der Waals surface area contributed by atoms with Crippen LogP contribution in [-0.4, -0.2) is 79.0 Å². The molecule has 2 aliphatic heterocycles. The molecule has 24 heavy (non-hydrogen) atoms. The summed E-state index contributed by atoms with van der Waals surface area (Å²) in [4.78, 5) is 31.0. The number of nitrogens with one attached hydrogen (secondary N) is 3. The number of carbonyl (C=O) groups excluding carboxylic acids is 2. The molecule has 9 heteroatoms. The topological polar surface area (TPSA) is 89.1 Å². The molecule has 3 N–H and O–H groups in total. The fraction of sp³-hybridized carbons (Fsp3) is 0.800. The molecule has 0 bridgehead atoms. The van der Waals surface area contributed by atoms with Gasteiger partial charge in [-0.2, -0.15) is 0 Å². The first-order valence-corrected chi connectivity index (χ1v) is 8.39. The van der Waals surface area contributed by atoms with E-state index >= 15 is 0 Å². The summed E-state index contributed by atoms with van der Waals surface area (Å²) in [5, 5.41) is 9.15. The summed E-state index contributed by atoms with van der Waals surface area (Å²) in [5.41, 5.74) is 0. The first-order chi connectivity index (χ1) is 11.1. The van der Waals surface area contributed by atoms with Crippen molar-refractivity contribution in [3.63, 3.8) is 0 Å². The van der Waals surface area contributed by atoms with Gasteiger partial charge in [-0.05, 0) is 26.2 Å². The van der Waals surface area contributed by atoms with E-state index in [0.29, 0.717) is 25.2 Å². The SMILES string of the molecule is CN=C(NCCN1C(=O)CNC1=O)NC1CC(C)N(C2CC2)C1.I. The van der Waals surface area contributed by atoms with Gasteiger partial charge in [-0.3, -0.25) is 19.6 Å². The Labute approximate surface area is 159 Å². The minimum atomic E-state index is -0.315. The average Bonchev–Trinajstić information content (AvgIpc) is 3.24. The third-order valence-electron chi connectivity index (χ3n) is 4.77. The first kappa shape index (κ1) is 19.2. The van der Waals surface area contributed by atoms with Crippen molar-refractivity contribution < 1.29 is 9.59 Å². The van der Waals surface area contributed by atoms with E-state index in [9.17, 15) is 9.59 Å². The van der Waals surface area contributed by atoms with E-state index in [-0.39, 0.29) is 42.5 Å². The average molecular weight is 450 g/mol. The predicted molar refractivity (Wildman–Crippen MR) is 103 cm³/mol. The van der Waals surface area contributed by atoms with E-state index in [0.717, 1.165) is 25.0 Å². The van der Waals surface area contributed by atoms with Gasteiger partial charge in [0.2, 0.25) is 5.91 Å². The lowest BCUT2D eigenvalue weighted by Crippen LogP contribution is -2.47. The molecule has 0 aromatic rings. The van der Waals surface area contributed by atoms with E-state index in [4.69, 9.17) is 0 Å². The highest BCUT2D eigenvalue weighted by molar-refractivity contribution is 14.0. The maximum Gasteiger partial charge on any atom is 0.324 e. The second-order valence-corrected chi connectivity index (χ2v) is 6.56. The van der Waals surface area contributed by atoms with Crippen LogP contribution in [0.25, 0.3) is 0 Å². The monoisotopic (exact) mass is 450 g/mol. The second kappa shape index (κ2) is 8.32. The molecule has 0 spiro atoms. The molecule has 0 aromatic carbocycles. The zero-order valence-corrected chi connectivity index (χ0v) is 16.6. The number of hydrogen-bond acceptors (Lipinski definition) is 4. The zero-order valence-electron chi connectivity index (χ0n) is 14.2. The molecule has 0 radical (unpaired) electrons. The van der Waals surface area contributed by atoms with Gasteiger partial charge >= 0.3 is 6.03 Å². The highest BCUT2D eigenvalue weighted by Gasteiger charge is 2.38. The van der Waals surface area contributed by atoms with Gasteiger partial charge < -0.3 is 16.0 Å². The van der Waals surface area contributed by atoms with Crippen LogP contribution in [0.4, 0.5) is 4.79 Å². The number of hydrogen-bond donors (Lipinski definition) is 3.